The maximum Gasteiger partial charge on any atom is 0.139 e. The van der Waals surface area contributed by atoms with E-state index in [9.17, 15) is 0 Å². The van der Waals surface area contributed by atoms with Crippen LogP contribution in [0.15, 0.2) is 24.3 Å². The van der Waals surface area contributed by atoms with Gasteiger partial charge in [0.25, 0.3) is 0 Å². The molecule has 1 aromatic heterocycles. The van der Waals surface area contributed by atoms with Gasteiger partial charge in [0.15, 0.2) is 0 Å². The van der Waals surface area contributed by atoms with Crippen LogP contribution in [0.4, 0.5) is 0 Å². The Morgan fingerprint density at radius 2 is 2.11 bits per heavy atom. The van der Waals surface area contributed by atoms with E-state index in [1.54, 1.807) is 17.4 Å². The fourth-order valence-electron chi connectivity index (χ4n) is 1.74. The van der Waals surface area contributed by atoms with Gasteiger partial charge in [-0.25, -0.2) is 0 Å². The second-order valence-corrected chi connectivity index (χ2v) is 6.29. The Hall–Kier alpha value is -0.740. The predicted octanol–water partition coefficient (Wildman–Crippen LogP) is 4.66. The van der Waals surface area contributed by atoms with Crippen molar-refractivity contribution in [2.24, 2.45) is 0 Å². The largest absolute Gasteiger partial charge is 0.487 e. The second kappa shape index (κ2) is 6.62. The number of aryl methyl sites for hydroxylation is 1. The molecule has 0 aliphatic rings. The van der Waals surface area contributed by atoms with E-state index in [0.717, 1.165) is 6.54 Å². The molecule has 1 N–H and O–H groups in total. The summed E-state index contributed by atoms with van der Waals surface area (Å²) in [5.41, 5.74) is 1.19. The van der Waals surface area contributed by atoms with Crippen LogP contribution < -0.4 is 10.1 Å². The van der Waals surface area contributed by atoms with Crippen LogP contribution in [0, 0.1) is 6.92 Å². The number of ether oxygens (including phenoxy) is 1. The Labute approximate surface area is 127 Å². The lowest BCUT2D eigenvalue weighted by Crippen LogP contribution is -2.02. The van der Waals surface area contributed by atoms with Crippen molar-refractivity contribution in [1.29, 1.82) is 0 Å². The Morgan fingerprint density at radius 3 is 2.84 bits per heavy atom. The predicted molar refractivity (Wildman–Crippen MR) is 82.6 cm³/mol. The van der Waals surface area contributed by atoms with E-state index >= 15 is 0 Å². The van der Waals surface area contributed by atoms with Gasteiger partial charge in [0.05, 0.1) is 5.02 Å². The lowest BCUT2D eigenvalue weighted by atomic mass is 10.2. The number of rotatable bonds is 5. The number of benzene rings is 1. The quantitative estimate of drug-likeness (QED) is 0.866. The van der Waals surface area contributed by atoms with Crippen molar-refractivity contribution in [2.75, 3.05) is 7.05 Å². The van der Waals surface area contributed by atoms with Crippen LogP contribution in [0.1, 0.15) is 15.3 Å². The van der Waals surface area contributed by atoms with Crippen LogP contribution in [-0.4, -0.2) is 7.05 Å². The van der Waals surface area contributed by atoms with Gasteiger partial charge in [-0.15, -0.1) is 11.3 Å². The molecular weight excluding hydrogens is 301 g/mol. The van der Waals surface area contributed by atoms with Crippen molar-refractivity contribution in [2.45, 2.75) is 20.1 Å². The van der Waals surface area contributed by atoms with E-state index in [0.29, 0.717) is 22.4 Å². The fraction of sp³-hybridized carbons (Fsp3) is 0.286. The molecule has 19 heavy (non-hydrogen) atoms. The first kappa shape index (κ1) is 14.7. The summed E-state index contributed by atoms with van der Waals surface area (Å²) in [6, 6.07) is 7.56. The first-order valence-corrected chi connectivity index (χ1v) is 7.48. The highest BCUT2D eigenvalue weighted by atomic mass is 35.5. The Bertz CT molecular complexity index is 569. The summed E-state index contributed by atoms with van der Waals surface area (Å²) >= 11 is 13.8. The van der Waals surface area contributed by atoms with Crippen molar-refractivity contribution in [3.8, 4) is 5.75 Å². The first-order chi connectivity index (χ1) is 9.11. The summed E-state index contributed by atoms with van der Waals surface area (Å²) in [6.07, 6.45) is 0. The van der Waals surface area contributed by atoms with Gasteiger partial charge >= 0.3 is 0 Å². The molecule has 1 aromatic carbocycles. The van der Waals surface area contributed by atoms with Gasteiger partial charge in [-0.3, -0.25) is 0 Å². The SMILES string of the molecule is CNCc1cc(COc2cccc(Cl)c2Cl)c(C)s1. The van der Waals surface area contributed by atoms with E-state index in [1.807, 2.05) is 19.2 Å². The van der Waals surface area contributed by atoms with Gasteiger partial charge in [-0.1, -0.05) is 29.3 Å². The summed E-state index contributed by atoms with van der Waals surface area (Å²) < 4.78 is 5.75. The highest BCUT2D eigenvalue weighted by molar-refractivity contribution is 7.12. The Morgan fingerprint density at radius 1 is 1.32 bits per heavy atom. The molecule has 0 unspecified atom stereocenters. The highest BCUT2D eigenvalue weighted by Gasteiger charge is 2.09. The lowest BCUT2D eigenvalue weighted by Gasteiger charge is -2.08. The molecule has 0 aliphatic heterocycles. The maximum absolute atomic E-state index is 6.09. The van der Waals surface area contributed by atoms with Gasteiger partial charge < -0.3 is 10.1 Å². The van der Waals surface area contributed by atoms with E-state index in [2.05, 4.69) is 18.3 Å². The van der Waals surface area contributed by atoms with Gasteiger partial charge in [-0.2, -0.15) is 0 Å². The van der Waals surface area contributed by atoms with E-state index in [4.69, 9.17) is 27.9 Å². The van der Waals surface area contributed by atoms with Crippen LogP contribution in [-0.2, 0) is 13.2 Å². The zero-order valence-corrected chi connectivity index (χ0v) is 13.1. The van der Waals surface area contributed by atoms with Gasteiger partial charge in [0.1, 0.15) is 17.4 Å². The maximum atomic E-state index is 6.09. The molecule has 0 bridgehead atoms. The molecule has 0 amide bonds. The minimum Gasteiger partial charge on any atom is -0.487 e. The van der Waals surface area contributed by atoms with Crippen molar-refractivity contribution in [3.63, 3.8) is 0 Å². The van der Waals surface area contributed by atoms with Crippen molar-refractivity contribution in [1.82, 2.24) is 5.32 Å². The zero-order valence-electron chi connectivity index (χ0n) is 10.8. The third-order valence-electron chi connectivity index (χ3n) is 2.72. The molecule has 0 saturated heterocycles. The Kier molecular flexibility index (Phi) is 5.11. The minimum atomic E-state index is 0.465. The second-order valence-electron chi connectivity index (χ2n) is 4.17. The molecule has 0 saturated carbocycles. The van der Waals surface area contributed by atoms with E-state index in [1.165, 1.54) is 15.3 Å². The third-order valence-corrected chi connectivity index (χ3v) is 4.62. The lowest BCUT2D eigenvalue weighted by molar-refractivity contribution is 0.306. The van der Waals surface area contributed by atoms with Crippen LogP contribution in [0.25, 0.3) is 0 Å². The summed E-state index contributed by atoms with van der Waals surface area (Å²) in [5.74, 6) is 0.620. The molecule has 0 atom stereocenters. The van der Waals surface area contributed by atoms with Gasteiger partial charge in [0.2, 0.25) is 0 Å². The number of nitrogens with one attached hydrogen (secondary N) is 1. The summed E-state index contributed by atoms with van der Waals surface area (Å²) in [7, 11) is 1.94. The minimum absolute atomic E-state index is 0.465. The van der Waals surface area contributed by atoms with Crippen LogP contribution in [0.2, 0.25) is 10.0 Å². The van der Waals surface area contributed by atoms with E-state index in [-0.39, 0.29) is 0 Å². The molecule has 0 radical (unpaired) electrons. The molecule has 2 nitrogen and oxygen atoms in total. The molecule has 0 fully saturated rings. The van der Waals surface area contributed by atoms with Crippen molar-refractivity contribution >= 4 is 34.5 Å². The average Bonchev–Trinajstić information content (AvgIpc) is 2.72. The standard InChI is InChI=1S/C14H15Cl2NOS/c1-9-10(6-11(19-9)7-17-2)8-18-13-5-3-4-12(15)14(13)16/h3-6,17H,7-8H2,1-2H3. The highest BCUT2D eigenvalue weighted by Crippen LogP contribution is 2.32. The van der Waals surface area contributed by atoms with Crippen LogP contribution in [0.5, 0.6) is 5.75 Å². The normalized spacial score (nSPS) is 10.7. The topological polar surface area (TPSA) is 21.3 Å². The number of hydrogen-bond donors (Lipinski definition) is 1. The Balaban J connectivity index is 2.08. The van der Waals surface area contributed by atoms with Crippen LogP contribution in [0.3, 0.4) is 0 Å². The third kappa shape index (κ3) is 3.63. The molecule has 102 valence electrons. The summed E-state index contributed by atoms with van der Waals surface area (Å²) in [4.78, 5) is 2.57. The molecule has 5 heteroatoms. The van der Waals surface area contributed by atoms with Crippen molar-refractivity contribution < 1.29 is 4.74 Å². The molecule has 2 rings (SSSR count). The number of halogens is 2. The molecule has 1 heterocycles. The van der Waals surface area contributed by atoms with Crippen molar-refractivity contribution in [3.05, 3.63) is 49.6 Å². The smallest absolute Gasteiger partial charge is 0.139 e. The molecule has 2 aromatic rings. The fourth-order valence-corrected chi connectivity index (χ4v) is 3.15. The molecule has 0 aliphatic carbocycles. The van der Waals surface area contributed by atoms with Gasteiger partial charge in [-0.05, 0) is 32.2 Å². The number of thiophene rings is 1. The molecular formula is C14H15Cl2NOS. The zero-order chi connectivity index (χ0) is 13.8. The monoisotopic (exact) mass is 315 g/mol. The summed E-state index contributed by atoms with van der Waals surface area (Å²) in [5, 5.41) is 4.12. The average molecular weight is 316 g/mol. The molecule has 0 spiro atoms. The first-order valence-electron chi connectivity index (χ1n) is 5.91. The summed E-state index contributed by atoms with van der Waals surface area (Å²) in [6.45, 7) is 3.48. The van der Waals surface area contributed by atoms with E-state index < -0.39 is 0 Å². The van der Waals surface area contributed by atoms with Gasteiger partial charge in [0, 0.05) is 21.9 Å². The van der Waals surface area contributed by atoms with Crippen LogP contribution >= 0.6 is 34.5 Å². The number of hydrogen-bond acceptors (Lipinski definition) is 3.